The third kappa shape index (κ3) is 6.47. The molecule has 1 atom stereocenters. The standard InChI is InChI=1S/C17H31B/c1-3-5-7-8-10-13-16(12-9-6-4-2)17-14-11-15-18-17/h11,14-16,18H,3-10,12-13H2,1-2H3. The zero-order chi connectivity index (χ0) is 13.1. The van der Waals surface area contributed by atoms with E-state index >= 15 is 0 Å². The van der Waals surface area contributed by atoms with Crippen molar-refractivity contribution in [3.63, 3.8) is 0 Å². The third-order valence-electron chi connectivity index (χ3n) is 4.14. The second-order valence-electron chi connectivity index (χ2n) is 5.77. The second-order valence-corrected chi connectivity index (χ2v) is 5.77. The smallest absolute Gasteiger partial charge is 0.114 e. The molecule has 18 heavy (non-hydrogen) atoms. The molecule has 0 spiro atoms. The van der Waals surface area contributed by atoms with Gasteiger partial charge in [-0.3, -0.25) is 0 Å². The van der Waals surface area contributed by atoms with Crippen LogP contribution in [-0.4, -0.2) is 7.28 Å². The first-order chi connectivity index (χ1) is 8.88. The fourth-order valence-electron chi connectivity index (χ4n) is 2.92. The van der Waals surface area contributed by atoms with Crippen molar-refractivity contribution in [1.29, 1.82) is 0 Å². The maximum atomic E-state index is 2.38. The lowest BCUT2D eigenvalue weighted by Gasteiger charge is -2.18. The zero-order valence-corrected chi connectivity index (χ0v) is 12.6. The Hall–Kier alpha value is -0.455. The van der Waals surface area contributed by atoms with Crippen LogP contribution in [0, 0.1) is 5.92 Å². The predicted molar refractivity (Wildman–Crippen MR) is 85.4 cm³/mol. The van der Waals surface area contributed by atoms with Crippen molar-refractivity contribution in [2.45, 2.75) is 78.1 Å². The SMILES string of the molecule is CCCCCCCC(CCCCC)C1=CC=CB1. The Morgan fingerprint density at radius 3 is 2.11 bits per heavy atom. The zero-order valence-electron chi connectivity index (χ0n) is 12.6. The van der Waals surface area contributed by atoms with Gasteiger partial charge in [-0.15, -0.1) is 5.98 Å². The summed E-state index contributed by atoms with van der Waals surface area (Å²) in [7, 11) is 1.23. The number of hydrogen-bond acceptors (Lipinski definition) is 0. The van der Waals surface area contributed by atoms with Crippen molar-refractivity contribution in [3.05, 3.63) is 23.6 Å². The van der Waals surface area contributed by atoms with Crippen LogP contribution in [0.4, 0.5) is 0 Å². The topological polar surface area (TPSA) is 0 Å². The Bertz CT molecular complexity index is 252. The maximum absolute atomic E-state index is 2.38. The van der Waals surface area contributed by atoms with Crippen LogP contribution in [-0.2, 0) is 0 Å². The number of allylic oxidation sites excluding steroid dienone is 3. The Kier molecular flexibility index (Phi) is 9.07. The van der Waals surface area contributed by atoms with Gasteiger partial charge >= 0.3 is 0 Å². The summed E-state index contributed by atoms with van der Waals surface area (Å²) in [6, 6.07) is 0. The molecule has 0 aromatic carbocycles. The van der Waals surface area contributed by atoms with Crippen LogP contribution in [0.25, 0.3) is 0 Å². The van der Waals surface area contributed by atoms with Gasteiger partial charge in [0.15, 0.2) is 7.28 Å². The molecule has 0 fully saturated rings. The highest BCUT2D eigenvalue weighted by molar-refractivity contribution is 6.52. The van der Waals surface area contributed by atoms with E-state index in [4.69, 9.17) is 0 Å². The Labute approximate surface area is 115 Å². The first-order valence-corrected chi connectivity index (χ1v) is 8.24. The van der Waals surface area contributed by atoms with Crippen LogP contribution in [0.3, 0.4) is 0 Å². The van der Waals surface area contributed by atoms with Gasteiger partial charge in [-0.2, -0.15) is 0 Å². The van der Waals surface area contributed by atoms with Gasteiger partial charge in [0, 0.05) is 0 Å². The van der Waals surface area contributed by atoms with Crippen LogP contribution in [0.2, 0.25) is 0 Å². The van der Waals surface area contributed by atoms with Gasteiger partial charge in [-0.25, -0.2) is 0 Å². The van der Waals surface area contributed by atoms with Gasteiger partial charge in [-0.05, 0) is 18.8 Å². The molecule has 0 nitrogen and oxygen atoms in total. The number of unbranched alkanes of at least 4 members (excludes halogenated alkanes) is 6. The molecule has 0 N–H and O–H groups in total. The van der Waals surface area contributed by atoms with Crippen molar-refractivity contribution in [2.75, 3.05) is 0 Å². The van der Waals surface area contributed by atoms with E-state index in [2.05, 4.69) is 32.0 Å². The van der Waals surface area contributed by atoms with E-state index in [0.29, 0.717) is 0 Å². The van der Waals surface area contributed by atoms with E-state index in [1.165, 1.54) is 71.5 Å². The summed E-state index contributed by atoms with van der Waals surface area (Å²) in [6.45, 7) is 4.60. The molecule has 0 amide bonds. The molecular formula is C17H31B. The van der Waals surface area contributed by atoms with E-state index in [1.54, 1.807) is 5.47 Å². The lowest BCUT2D eigenvalue weighted by atomic mass is 9.65. The fraction of sp³-hybridized carbons (Fsp3) is 0.765. The van der Waals surface area contributed by atoms with Crippen LogP contribution in [0.1, 0.15) is 78.1 Å². The first kappa shape index (κ1) is 15.6. The summed E-state index contributed by atoms with van der Waals surface area (Å²) in [5.41, 5.74) is 1.71. The minimum atomic E-state index is 0.883. The average Bonchev–Trinajstić information content (AvgIpc) is 2.90. The van der Waals surface area contributed by atoms with Gasteiger partial charge in [0.1, 0.15) is 0 Å². The van der Waals surface area contributed by atoms with Crippen molar-refractivity contribution >= 4 is 7.28 Å². The summed E-state index contributed by atoms with van der Waals surface area (Å²) in [5.74, 6) is 3.20. The molecule has 0 bridgehead atoms. The summed E-state index contributed by atoms with van der Waals surface area (Å²) >= 11 is 0. The average molecular weight is 246 g/mol. The molecule has 0 saturated carbocycles. The van der Waals surface area contributed by atoms with Gasteiger partial charge in [0.05, 0.1) is 0 Å². The molecule has 1 heteroatoms. The molecule has 0 aliphatic carbocycles. The molecular weight excluding hydrogens is 215 g/mol. The van der Waals surface area contributed by atoms with E-state index in [1.807, 2.05) is 0 Å². The number of rotatable bonds is 11. The molecule has 1 aliphatic heterocycles. The molecule has 102 valence electrons. The van der Waals surface area contributed by atoms with Gasteiger partial charge < -0.3 is 0 Å². The minimum absolute atomic E-state index is 0.883. The summed E-state index contributed by atoms with van der Waals surface area (Å²) in [5, 5.41) is 0. The highest BCUT2D eigenvalue weighted by Gasteiger charge is 2.14. The van der Waals surface area contributed by atoms with Crippen molar-refractivity contribution in [2.24, 2.45) is 5.92 Å². The van der Waals surface area contributed by atoms with Crippen molar-refractivity contribution < 1.29 is 0 Å². The summed E-state index contributed by atoms with van der Waals surface area (Å²) < 4.78 is 0. The van der Waals surface area contributed by atoms with E-state index in [-0.39, 0.29) is 0 Å². The highest BCUT2D eigenvalue weighted by atomic mass is 14.1. The monoisotopic (exact) mass is 246 g/mol. The second kappa shape index (κ2) is 10.5. The van der Waals surface area contributed by atoms with Gasteiger partial charge in [0.25, 0.3) is 0 Å². The van der Waals surface area contributed by atoms with Crippen LogP contribution in [0.15, 0.2) is 23.6 Å². The quantitative estimate of drug-likeness (QED) is 0.338. The van der Waals surface area contributed by atoms with E-state index in [0.717, 1.165) is 5.92 Å². The van der Waals surface area contributed by atoms with Crippen LogP contribution in [0.5, 0.6) is 0 Å². The van der Waals surface area contributed by atoms with Gasteiger partial charge in [0.2, 0.25) is 0 Å². The predicted octanol–water partition coefficient (Wildman–Crippen LogP) is 5.39. The van der Waals surface area contributed by atoms with Gasteiger partial charge in [-0.1, -0.05) is 82.8 Å². The summed E-state index contributed by atoms with van der Waals surface area (Å²) in [4.78, 5) is 0. The molecule has 1 rings (SSSR count). The van der Waals surface area contributed by atoms with E-state index in [9.17, 15) is 0 Å². The lowest BCUT2D eigenvalue weighted by molar-refractivity contribution is 0.468. The highest BCUT2D eigenvalue weighted by Crippen LogP contribution is 2.26. The Morgan fingerprint density at radius 1 is 0.889 bits per heavy atom. The Morgan fingerprint density at radius 2 is 1.50 bits per heavy atom. The molecule has 0 aromatic rings. The van der Waals surface area contributed by atoms with Crippen LogP contribution < -0.4 is 0 Å². The normalized spacial score (nSPS) is 15.6. The van der Waals surface area contributed by atoms with E-state index < -0.39 is 0 Å². The Balaban J connectivity index is 2.21. The fourth-order valence-corrected chi connectivity index (χ4v) is 2.92. The largest absolute Gasteiger partial charge is 0.178 e. The molecule has 0 radical (unpaired) electrons. The molecule has 1 unspecified atom stereocenters. The minimum Gasteiger partial charge on any atom is -0.114 e. The maximum Gasteiger partial charge on any atom is 0.178 e. The van der Waals surface area contributed by atoms with Crippen molar-refractivity contribution in [3.8, 4) is 0 Å². The molecule has 0 aromatic heterocycles. The molecule has 1 aliphatic rings. The lowest BCUT2D eigenvalue weighted by Crippen LogP contribution is -2.08. The summed E-state index contributed by atoms with van der Waals surface area (Å²) in [6.07, 6.45) is 18.8. The van der Waals surface area contributed by atoms with Crippen LogP contribution >= 0.6 is 0 Å². The molecule has 1 heterocycles. The third-order valence-corrected chi connectivity index (χ3v) is 4.14. The number of hydrogen-bond donors (Lipinski definition) is 0. The molecule has 0 saturated heterocycles. The van der Waals surface area contributed by atoms with Crippen molar-refractivity contribution in [1.82, 2.24) is 0 Å². The first-order valence-electron chi connectivity index (χ1n) is 8.24.